The number of carbonyl (C=O) groups excluding carboxylic acids is 1. The number of likely N-dealkylation sites (tertiary alicyclic amines) is 2. The minimum absolute atomic E-state index is 0.221. The second kappa shape index (κ2) is 8.87. The summed E-state index contributed by atoms with van der Waals surface area (Å²) in [5.41, 5.74) is 1.24. The molecule has 2 saturated heterocycles. The summed E-state index contributed by atoms with van der Waals surface area (Å²) >= 11 is 0. The molecule has 0 spiro atoms. The van der Waals surface area contributed by atoms with Crippen molar-refractivity contribution in [3.63, 3.8) is 0 Å². The third-order valence-corrected chi connectivity index (χ3v) is 5.79. The lowest BCUT2D eigenvalue weighted by atomic mass is 10.1. The number of nitrogens with zero attached hydrogens (tertiary/aromatic N) is 3. The number of likely N-dealkylation sites (N-methyl/N-ethyl adjacent to an activating group) is 2. The van der Waals surface area contributed by atoms with Gasteiger partial charge in [-0.2, -0.15) is 0 Å². The van der Waals surface area contributed by atoms with E-state index in [1.54, 1.807) is 0 Å². The Morgan fingerprint density at radius 1 is 1.15 bits per heavy atom. The standard InChI is InChI=1S/C21H33N3O2/c1-17-4-6-19(7-5-17)26-20-9-14-24(15-10-20)21(25)11-13-23(3)18-8-12-22(2)16-18/h4-7,18,20H,8-16H2,1-3H3/t18-/m1/s1. The van der Waals surface area contributed by atoms with Gasteiger partial charge in [0, 0.05) is 51.5 Å². The van der Waals surface area contributed by atoms with Gasteiger partial charge in [-0.25, -0.2) is 0 Å². The minimum atomic E-state index is 0.221. The van der Waals surface area contributed by atoms with Gasteiger partial charge in [0.1, 0.15) is 11.9 Å². The van der Waals surface area contributed by atoms with Gasteiger partial charge in [0.2, 0.25) is 5.91 Å². The molecule has 2 aliphatic heterocycles. The molecule has 3 rings (SSSR count). The zero-order chi connectivity index (χ0) is 18.5. The van der Waals surface area contributed by atoms with Crippen molar-refractivity contribution in [1.82, 2.24) is 14.7 Å². The van der Waals surface area contributed by atoms with E-state index in [1.165, 1.54) is 12.0 Å². The Morgan fingerprint density at radius 3 is 2.46 bits per heavy atom. The number of ether oxygens (including phenoxy) is 1. The molecule has 0 unspecified atom stereocenters. The van der Waals surface area contributed by atoms with Gasteiger partial charge in [0.05, 0.1) is 0 Å². The molecule has 1 atom stereocenters. The maximum atomic E-state index is 12.5. The van der Waals surface area contributed by atoms with Crippen molar-refractivity contribution < 1.29 is 9.53 Å². The Kier molecular flexibility index (Phi) is 6.54. The SMILES string of the molecule is Cc1ccc(OC2CCN(C(=O)CCN(C)[C@@H]3CCN(C)C3)CC2)cc1. The van der Waals surface area contributed by atoms with Gasteiger partial charge in [0.15, 0.2) is 0 Å². The van der Waals surface area contributed by atoms with E-state index in [0.717, 1.165) is 51.3 Å². The van der Waals surface area contributed by atoms with Crippen LogP contribution in [0.4, 0.5) is 0 Å². The third-order valence-electron chi connectivity index (χ3n) is 5.79. The highest BCUT2D eigenvalue weighted by atomic mass is 16.5. The molecule has 2 fully saturated rings. The number of amides is 1. The molecule has 1 amide bonds. The molecular weight excluding hydrogens is 326 g/mol. The van der Waals surface area contributed by atoms with Crippen LogP contribution in [0, 0.1) is 6.92 Å². The highest BCUT2D eigenvalue weighted by molar-refractivity contribution is 5.76. The quantitative estimate of drug-likeness (QED) is 0.781. The zero-order valence-corrected chi connectivity index (χ0v) is 16.5. The fourth-order valence-electron chi connectivity index (χ4n) is 3.92. The fourth-order valence-corrected chi connectivity index (χ4v) is 3.92. The number of carbonyl (C=O) groups is 1. The van der Waals surface area contributed by atoms with E-state index in [4.69, 9.17) is 4.74 Å². The number of aryl methyl sites for hydroxylation is 1. The van der Waals surface area contributed by atoms with Gasteiger partial charge in [-0.1, -0.05) is 17.7 Å². The molecule has 0 saturated carbocycles. The van der Waals surface area contributed by atoms with Crippen LogP contribution >= 0.6 is 0 Å². The molecule has 0 N–H and O–H groups in total. The van der Waals surface area contributed by atoms with E-state index in [0.29, 0.717) is 12.5 Å². The first-order chi connectivity index (χ1) is 12.5. The van der Waals surface area contributed by atoms with Gasteiger partial charge >= 0.3 is 0 Å². The van der Waals surface area contributed by atoms with Crippen molar-refractivity contribution in [2.45, 2.75) is 44.8 Å². The van der Waals surface area contributed by atoms with Crippen molar-refractivity contribution >= 4 is 5.91 Å². The summed E-state index contributed by atoms with van der Waals surface area (Å²) in [4.78, 5) is 19.3. The summed E-state index contributed by atoms with van der Waals surface area (Å²) in [6.07, 6.45) is 3.90. The second-order valence-corrected chi connectivity index (χ2v) is 7.95. The van der Waals surface area contributed by atoms with Crippen molar-refractivity contribution in [3.05, 3.63) is 29.8 Å². The van der Waals surface area contributed by atoms with E-state index in [9.17, 15) is 4.79 Å². The largest absolute Gasteiger partial charge is 0.490 e. The highest BCUT2D eigenvalue weighted by Gasteiger charge is 2.26. The first-order valence-electron chi connectivity index (χ1n) is 9.91. The Hall–Kier alpha value is -1.59. The number of rotatable bonds is 6. The molecule has 2 heterocycles. The van der Waals surface area contributed by atoms with E-state index < -0.39 is 0 Å². The van der Waals surface area contributed by atoms with Crippen molar-refractivity contribution in [2.24, 2.45) is 0 Å². The maximum Gasteiger partial charge on any atom is 0.223 e. The number of benzene rings is 1. The molecule has 26 heavy (non-hydrogen) atoms. The molecule has 0 radical (unpaired) electrons. The molecule has 1 aromatic carbocycles. The van der Waals surface area contributed by atoms with E-state index in [2.05, 4.69) is 43.0 Å². The van der Waals surface area contributed by atoms with Gasteiger partial charge in [-0.05, 0) is 46.1 Å². The minimum Gasteiger partial charge on any atom is -0.490 e. The molecular formula is C21H33N3O2. The average molecular weight is 360 g/mol. The molecule has 144 valence electrons. The molecule has 2 aliphatic rings. The average Bonchev–Trinajstić information content (AvgIpc) is 3.08. The van der Waals surface area contributed by atoms with Gasteiger partial charge < -0.3 is 19.4 Å². The van der Waals surface area contributed by atoms with E-state index in [1.807, 2.05) is 17.0 Å². The van der Waals surface area contributed by atoms with Crippen LogP contribution in [0.3, 0.4) is 0 Å². The van der Waals surface area contributed by atoms with Crippen molar-refractivity contribution in [1.29, 1.82) is 0 Å². The van der Waals surface area contributed by atoms with Crippen LogP contribution in [-0.2, 0) is 4.79 Å². The summed E-state index contributed by atoms with van der Waals surface area (Å²) in [7, 11) is 4.32. The monoisotopic (exact) mass is 359 g/mol. The zero-order valence-electron chi connectivity index (χ0n) is 16.5. The summed E-state index contributed by atoms with van der Waals surface area (Å²) in [6, 6.07) is 8.81. The smallest absolute Gasteiger partial charge is 0.223 e. The molecule has 5 heteroatoms. The third kappa shape index (κ3) is 5.21. The van der Waals surface area contributed by atoms with Crippen LogP contribution in [-0.4, -0.2) is 79.6 Å². The number of hydrogen-bond donors (Lipinski definition) is 0. The first kappa shape index (κ1) is 19.2. The van der Waals surface area contributed by atoms with E-state index in [-0.39, 0.29) is 12.0 Å². The summed E-state index contributed by atoms with van der Waals surface area (Å²) < 4.78 is 6.06. The van der Waals surface area contributed by atoms with Crippen molar-refractivity contribution in [2.75, 3.05) is 46.8 Å². The molecule has 0 aliphatic carbocycles. The van der Waals surface area contributed by atoms with E-state index >= 15 is 0 Å². The molecule has 0 aromatic heterocycles. The summed E-state index contributed by atoms with van der Waals surface area (Å²) in [5.74, 6) is 1.22. The van der Waals surface area contributed by atoms with Crippen LogP contribution in [0.2, 0.25) is 0 Å². The number of hydrogen-bond acceptors (Lipinski definition) is 4. The molecule has 5 nitrogen and oxygen atoms in total. The first-order valence-corrected chi connectivity index (χ1v) is 9.91. The Morgan fingerprint density at radius 2 is 1.85 bits per heavy atom. The van der Waals surface area contributed by atoms with Crippen LogP contribution in [0.25, 0.3) is 0 Å². The van der Waals surface area contributed by atoms with Crippen LogP contribution in [0.1, 0.15) is 31.2 Å². The van der Waals surface area contributed by atoms with Crippen molar-refractivity contribution in [3.8, 4) is 5.75 Å². The lowest BCUT2D eigenvalue weighted by Gasteiger charge is -2.33. The Bertz CT molecular complexity index is 581. The summed E-state index contributed by atoms with van der Waals surface area (Å²) in [5, 5.41) is 0. The predicted molar refractivity (Wildman–Crippen MR) is 105 cm³/mol. The summed E-state index contributed by atoms with van der Waals surface area (Å²) in [6.45, 7) is 6.84. The van der Waals surface area contributed by atoms with Gasteiger partial charge in [-0.15, -0.1) is 0 Å². The lowest BCUT2D eigenvalue weighted by molar-refractivity contribution is -0.133. The van der Waals surface area contributed by atoms with Crippen LogP contribution < -0.4 is 4.74 Å². The van der Waals surface area contributed by atoms with Crippen LogP contribution in [0.15, 0.2) is 24.3 Å². The van der Waals surface area contributed by atoms with Crippen LogP contribution in [0.5, 0.6) is 5.75 Å². The molecule has 0 bridgehead atoms. The lowest BCUT2D eigenvalue weighted by Crippen LogP contribution is -2.43. The number of piperidine rings is 1. The fraction of sp³-hybridized carbons (Fsp3) is 0.667. The maximum absolute atomic E-state index is 12.5. The highest BCUT2D eigenvalue weighted by Crippen LogP contribution is 2.20. The second-order valence-electron chi connectivity index (χ2n) is 7.95. The Labute approximate surface area is 157 Å². The Balaban J connectivity index is 1.37. The van der Waals surface area contributed by atoms with Gasteiger partial charge in [-0.3, -0.25) is 4.79 Å². The normalized spacial score (nSPS) is 22.2. The van der Waals surface area contributed by atoms with Gasteiger partial charge in [0.25, 0.3) is 0 Å². The topological polar surface area (TPSA) is 36.0 Å². The molecule has 1 aromatic rings. The predicted octanol–water partition coefficient (Wildman–Crippen LogP) is 2.39.